The summed E-state index contributed by atoms with van der Waals surface area (Å²) in [7, 11) is 0. The summed E-state index contributed by atoms with van der Waals surface area (Å²) in [5, 5.41) is 3.32. The molecule has 4 heteroatoms. The first-order chi connectivity index (χ1) is 8.15. The number of hydrogen-bond donors (Lipinski definition) is 2. The fourth-order valence-electron chi connectivity index (χ4n) is 1.69. The van der Waals surface area contributed by atoms with Crippen molar-refractivity contribution in [3.63, 3.8) is 0 Å². The van der Waals surface area contributed by atoms with E-state index in [0.29, 0.717) is 5.69 Å². The number of furan rings is 1. The predicted molar refractivity (Wildman–Crippen MR) is 68.9 cm³/mol. The number of nitrogens with one attached hydrogen (secondary N) is 1. The number of aryl methyl sites for hydroxylation is 1. The zero-order valence-corrected chi connectivity index (χ0v) is 10.1. The van der Waals surface area contributed by atoms with Gasteiger partial charge >= 0.3 is 0 Å². The van der Waals surface area contributed by atoms with Gasteiger partial charge in [0, 0.05) is 12.5 Å². The highest BCUT2D eigenvalue weighted by Gasteiger charge is 2.06. The maximum atomic E-state index is 5.72. The molecule has 1 atom stereocenters. The third-order valence-electron chi connectivity index (χ3n) is 2.61. The van der Waals surface area contributed by atoms with E-state index in [4.69, 9.17) is 10.2 Å². The predicted octanol–water partition coefficient (Wildman–Crippen LogP) is 2.61. The van der Waals surface area contributed by atoms with Gasteiger partial charge in [0.15, 0.2) is 0 Å². The van der Waals surface area contributed by atoms with E-state index in [1.807, 2.05) is 31.2 Å². The third-order valence-corrected chi connectivity index (χ3v) is 2.61. The van der Waals surface area contributed by atoms with Gasteiger partial charge in [0.25, 0.3) is 0 Å². The fraction of sp³-hybridized carbons (Fsp3) is 0.308. The van der Waals surface area contributed by atoms with Crippen LogP contribution in [0.5, 0.6) is 0 Å². The molecular weight excluding hydrogens is 214 g/mol. The number of hydrogen-bond acceptors (Lipinski definition) is 4. The van der Waals surface area contributed by atoms with Gasteiger partial charge in [-0.1, -0.05) is 0 Å². The first-order valence-corrected chi connectivity index (χ1v) is 5.67. The largest absolute Gasteiger partial charge is 0.469 e. The summed E-state index contributed by atoms with van der Waals surface area (Å²) in [4.78, 5) is 4.38. The van der Waals surface area contributed by atoms with E-state index in [0.717, 1.165) is 23.7 Å². The van der Waals surface area contributed by atoms with Crippen molar-refractivity contribution in [1.82, 2.24) is 4.98 Å². The molecule has 0 aliphatic rings. The van der Waals surface area contributed by atoms with Gasteiger partial charge in [-0.15, -0.1) is 0 Å². The van der Waals surface area contributed by atoms with E-state index >= 15 is 0 Å². The molecular formula is C13H17N3O. The van der Waals surface area contributed by atoms with Crippen LogP contribution in [0.2, 0.25) is 0 Å². The molecule has 0 aliphatic heterocycles. The summed E-state index contributed by atoms with van der Waals surface area (Å²) in [5.74, 6) is 1.81. The zero-order valence-electron chi connectivity index (χ0n) is 10.1. The molecule has 2 heterocycles. The van der Waals surface area contributed by atoms with Crippen LogP contribution in [0.15, 0.2) is 34.9 Å². The minimum Gasteiger partial charge on any atom is -0.469 e. The molecule has 4 nitrogen and oxygen atoms in total. The van der Waals surface area contributed by atoms with E-state index in [1.54, 1.807) is 6.26 Å². The molecule has 17 heavy (non-hydrogen) atoms. The Morgan fingerprint density at radius 3 is 2.88 bits per heavy atom. The van der Waals surface area contributed by atoms with Crippen molar-refractivity contribution in [1.29, 1.82) is 0 Å². The van der Waals surface area contributed by atoms with Crippen molar-refractivity contribution in [3.8, 4) is 0 Å². The van der Waals surface area contributed by atoms with Crippen LogP contribution >= 0.6 is 0 Å². The van der Waals surface area contributed by atoms with Crippen LogP contribution < -0.4 is 11.1 Å². The zero-order chi connectivity index (χ0) is 12.3. The Balaban J connectivity index is 1.98. The van der Waals surface area contributed by atoms with Gasteiger partial charge in [0.05, 0.1) is 17.6 Å². The molecule has 90 valence electrons. The van der Waals surface area contributed by atoms with Crippen molar-refractivity contribution < 1.29 is 4.42 Å². The van der Waals surface area contributed by atoms with Crippen LogP contribution in [0.1, 0.15) is 18.4 Å². The molecule has 0 aromatic carbocycles. The van der Waals surface area contributed by atoms with Gasteiger partial charge in [0.2, 0.25) is 0 Å². The molecule has 2 aromatic heterocycles. The van der Waals surface area contributed by atoms with Crippen LogP contribution in [0, 0.1) is 6.92 Å². The van der Waals surface area contributed by atoms with Crippen LogP contribution in [0.4, 0.5) is 11.5 Å². The lowest BCUT2D eigenvalue weighted by atomic mass is 10.2. The van der Waals surface area contributed by atoms with Gasteiger partial charge in [-0.3, -0.25) is 0 Å². The van der Waals surface area contributed by atoms with E-state index in [2.05, 4.69) is 17.2 Å². The van der Waals surface area contributed by atoms with Crippen molar-refractivity contribution in [2.75, 3.05) is 11.1 Å². The van der Waals surface area contributed by atoms with Gasteiger partial charge in [-0.25, -0.2) is 4.98 Å². The topological polar surface area (TPSA) is 64.1 Å². The quantitative estimate of drug-likeness (QED) is 0.849. The average molecular weight is 231 g/mol. The van der Waals surface area contributed by atoms with Gasteiger partial charge < -0.3 is 15.5 Å². The Hall–Kier alpha value is -1.97. The first kappa shape index (κ1) is 11.5. The smallest absolute Gasteiger partial charge is 0.126 e. The van der Waals surface area contributed by atoms with Crippen molar-refractivity contribution in [2.24, 2.45) is 0 Å². The Morgan fingerprint density at radius 1 is 1.41 bits per heavy atom. The Morgan fingerprint density at radius 2 is 2.24 bits per heavy atom. The second-order valence-electron chi connectivity index (χ2n) is 4.20. The monoisotopic (exact) mass is 231 g/mol. The molecule has 0 spiro atoms. The summed E-state index contributed by atoms with van der Waals surface area (Å²) < 4.78 is 5.30. The number of nitrogens with two attached hydrogens (primary N) is 1. The molecule has 0 fully saturated rings. The van der Waals surface area contributed by atoms with Crippen LogP contribution in [0.3, 0.4) is 0 Å². The van der Waals surface area contributed by atoms with Crippen LogP contribution in [0.25, 0.3) is 0 Å². The second kappa shape index (κ2) is 4.91. The number of anilines is 2. The van der Waals surface area contributed by atoms with E-state index in [1.165, 1.54) is 0 Å². The first-order valence-electron chi connectivity index (χ1n) is 5.67. The summed E-state index contributed by atoms with van der Waals surface area (Å²) in [5.41, 5.74) is 7.29. The normalized spacial score (nSPS) is 12.4. The lowest BCUT2D eigenvalue weighted by Gasteiger charge is -2.14. The molecule has 0 amide bonds. The second-order valence-corrected chi connectivity index (χ2v) is 4.20. The van der Waals surface area contributed by atoms with E-state index < -0.39 is 0 Å². The van der Waals surface area contributed by atoms with Crippen LogP contribution in [-0.4, -0.2) is 11.0 Å². The average Bonchev–Trinajstić information content (AvgIpc) is 2.76. The Bertz CT molecular complexity index is 479. The van der Waals surface area contributed by atoms with E-state index in [-0.39, 0.29) is 6.04 Å². The Labute approximate surface area is 101 Å². The highest BCUT2D eigenvalue weighted by atomic mass is 16.3. The molecule has 2 aromatic rings. The molecule has 0 saturated heterocycles. The van der Waals surface area contributed by atoms with Gasteiger partial charge in [-0.05, 0) is 38.1 Å². The summed E-state index contributed by atoms with van der Waals surface area (Å²) in [6.45, 7) is 3.99. The molecule has 0 aliphatic carbocycles. The van der Waals surface area contributed by atoms with Crippen molar-refractivity contribution >= 4 is 11.5 Å². The molecule has 0 bridgehead atoms. The maximum absolute atomic E-state index is 5.72. The van der Waals surface area contributed by atoms with Gasteiger partial charge in [-0.2, -0.15) is 0 Å². The number of aromatic nitrogens is 1. The third kappa shape index (κ3) is 3.00. The number of rotatable bonds is 4. The number of nitrogens with zero attached hydrogens (tertiary/aromatic N) is 1. The Kier molecular flexibility index (Phi) is 3.32. The molecule has 0 saturated carbocycles. The highest BCUT2D eigenvalue weighted by Crippen LogP contribution is 2.14. The van der Waals surface area contributed by atoms with E-state index in [9.17, 15) is 0 Å². The molecule has 0 radical (unpaired) electrons. The standard InChI is InChI=1S/C13H17N3O/c1-9(8-11-4-3-7-17-11)15-13-6-5-12(14)10(2)16-13/h3-7,9H,8,14H2,1-2H3,(H,15,16). The minimum absolute atomic E-state index is 0.261. The summed E-state index contributed by atoms with van der Waals surface area (Å²) in [6, 6.07) is 7.88. The lowest BCUT2D eigenvalue weighted by Crippen LogP contribution is -2.18. The maximum Gasteiger partial charge on any atom is 0.126 e. The molecule has 3 N–H and O–H groups in total. The highest BCUT2D eigenvalue weighted by molar-refractivity contribution is 5.49. The van der Waals surface area contributed by atoms with Crippen molar-refractivity contribution in [3.05, 3.63) is 42.0 Å². The summed E-state index contributed by atoms with van der Waals surface area (Å²) >= 11 is 0. The summed E-state index contributed by atoms with van der Waals surface area (Å²) in [6.07, 6.45) is 2.52. The minimum atomic E-state index is 0.261. The van der Waals surface area contributed by atoms with Gasteiger partial charge in [0.1, 0.15) is 11.6 Å². The number of nitrogen functional groups attached to an aromatic ring is 1. The van der Waals surface area contributed by atoms with Crippen LogP contribution in [-0.2, 0) is 6.42 Å². The van der Waals surface area contributed by atoms with Crippen molar-refractivity contribution in [2.45, 2.75) is 26.3 Å². The SMILES string of the molecule is Cc1nc(NC(C)Cc2ccco2)ccc1N. The fourth-order valence-corrected chi connectivity index (χ4v) is 1.69. The lowest BCUT2D eigenvalue weighted by molar-refractivity contribution is 0.497. The molecule has 1 unspecified atom stereocenters. The number of pyridine rings is 1. The molecule has 2 rings (SSSR count).